The Morgan fingerprint density at radius 1 is 1.41 bits per heavy atom. The van der Waals surface area contributed by atoms with Gasteiger partial charge in [-0.05, 0) is 50.7 Å². The van der Waals surface area contributed by atoms with E-state index < -0.39 is 0 Å². The van der Waals surface area contributed by atoms with Gasteiger partial charge in [-0.25, -0.2) is 4.39 Å². The van der Waals surface area contributed by atoms with Crippen LogP contribution in [0.2, 0.25) is 0 Å². The van der Waals surface area contributed by atoms with Crippen LogP contribution in [0.4, 0.5) is 4.39 Å². The highest BCUT2D eigenvalue weighted by Gasteiger charge is 2.51. The lowest BCUT2D eigenvalue weighted by molar-refractivity contribution is 0.210. The lowest BCUT2D eigenvalue weighted by atomic mass is 9.83. The second-order valence-electron chi connectivity index (χ2n) is 5.56. The second-order valence-corrected chi connectivity index (χ2v) is 5.56. The minimum absolute atomic E-state index is 0.154. The number of halogens is 1. The predicted molar refractivity (Wildman–Crippen MR) is 66.4 cm³/mol. The Hall–Kier alpha value is -1.09. The van der Waals surface area contributed by atoms with Crippen molar-refractivity contribution in [2.24, 2.45) is 11.1 Å². The van der Waals surface area contributed by atoms with Crippen molar-refractivity contribution in [3.8, 4) is 5.75 Å². The summed E-state index contributed by atoms with van der Waals surface area (Å²) in [5.74, 6) is 0.332. The van der Waals surface area contributed by atoms with Crippen LogP contribution in [-0.2, 0) is 0 Å². The molecule has 0 amide bonds. The molecule has 2 N–H and O–H groups in total. The van der Waals surface area contributed by atoms with E-state index in [1.807, 2.05) is 0 Å². The quantitative estimate of drug-likeness (QED) is 0.854. The summed E-state index contributed by atoms with van der Waals surface area (Å²) in [6.45, 7) is 4.74. The standard InChI is InChI=1S/C14H20FNO/c1-13(2,16)14(6-7-14)8-9-17-12-5-3-4-11(15)10-12/h3-5,10H,6-9,16H2,1-2H3. The highest BCUT2D eigenvalue weighted by atomic mass is 19.1. The molecule has 1 saturated carbocycles. The maximum Gasteiger partial charge on any atom is 0.126 e. The second kappa shape index (κ2) is 4.30. The molecule has 0 aromatic heterocycles. The molecule has 0 heterocycles. The van der Waals surface area contributed by atoms with Gasteiger partial charge in [-0.1, -0.05) is 6.07 Å². The Morgan fingerprint density at radius 2 is 2.12 bits per heavy atom. The van der Waals surface area contributed by atoms with Crippen molar-refractivity contribution in [1.82, 2.24) is 0 Å². The summed E-state index contributed by atoms with van der Waals surface area (Å²) >= 11 is 0. The van der Waals surface area contributed by atoms with Gasteiger partial charge in [0.1, 0.15) is 11.6 Å². The fraction of sp³-hybridized carbons (Fsp3) is 0.571. The molecule has 1 fully saturated rings. The molecule has 0 spiro atoms. The van der Waals surface area contributed by atoms with E-state index in [2.05, 4.69) is 13.8 Å². The molecule has 1 aliphatic rings. The van der Waals surface area contributed by atoms with E-state index >= 15 is 0 Å². The zero-order valence-corrected chi connectivity index (χ0v) is 10.5. The molecule has 3 heteroatoms. The maximum absolute atomic E-state index is 12.9. The van der Waals surface area contributed by atoms with Crippen LogP contribution < -0.4 is 10.5 Å². The fourth-order valence-corrected chi connectivity index (χ4v) is 2.29. The number of hydrogen-bond donors (Lipinski definition) is 1. The third kappa shape index (κ3) is 2.78. The summed E-state index contributed by atoms with van der Waals surface area (Å²) in [6, 6.07) is 6.26. The number of nitrogens with two attached hydrogens (primary N) is 1. The van der Waals surface area contributed by atoms with Gasteiger partial charge in [-0.2, -0.15) is 0 Å². The molecule has 0 bridgehead atoms. The zero-order valence-electron chi connectivity index (χ0n) is 10.5. The van der Waals surface area contributed by atoms with Crippen molar-refractivity contribution in [1.29, 1.82) is 0 Å². The zero-order chi connectivity index (χ0) is 12.5. The Bertz CT molecular complexity index is 393. The van der Waals surface area contributed by atoms with Gasteiger partial charge in [0.15, 0.2) is 0 Å². The molecular formula is C14H20FNO. The Labute approximate surface area is 102 Å². The van der Waals surface area contributed by atoms with Crippen LogP contribution in [0.3, 0.4) is 0 Å². The predicted octanol–water partition coefficient (Wildman–Crippen LogP) is 3.11. The summed E-state index contributed by atoms with van der Waals surface area (Å²) in [7, 11) is 0. The van der Waals surface area contributed by atoms with E-state index in [0.29, 0.717) is 12.4 Å². The highest BCUT2D eigenvalue weighted by molar-refractivity contribution is 5.22. The van der Waals surface area contributed by atoms with Gasteiger partial charge in [0.2, 0.25) is 0 Å². The molecule has 2 nitrogen and oxygen atoms in total. The van der Waals surface area contributed by atoms with Crippen molar-refractivity contribution >= 4 is 0 Å². The van der Waals surface area contributed by atoms with Crippen molar-refractivity contribution in [2.45, 2.75) is 38.6 Å². The topological polar surface area (TPSA) is 35.2 Å². The molecule has 0 saturated heterocycles. The van der Waals surface area contributed by atoms with E-state index in [1.54, 1.807) is 12.1 Å². The molecule has 1 aromatic carbocycles. The average molecular weight is 237 g/mol. The summed E-state index contributed by atoms with van der Waals surface area (Å²) in [5.41, 5.74) is 6.23. The number of hydrogen-bond acceptors (Lipinski definition) is 2. The van der Waals surface area contributed by atoms with Crippen LogP contribution in [0.25, 0.3) is 0 Å². The summed E-state index contributed by atoms with van der Waals surface area (Å²) < 4.78 is 18.5. The van der Waals surface area contributed by atoms with E-state index in [9.17, 15) is 4.39 Å². The molecule has 0 unspecified atom stereocenters. The first-order valence-electron chi connectivity index (χ1n) is 6.10. The molecule has 1 aromatic rings. The van der Waals surface area contributed by atoms with Crippen LogP contribution in [-0.4, -0.2) is 12.1 Å². The number of benzene rings is 1. The minimum atomic E-state index is -0.261. The molecule has 0 radical (unpaired) electrons. The largest absolute Gasteiger partial charge is 0.493 e. The third-order valence-corrected chi connectivity index (χ3v) is 3.87. The van der Waals surface area contributed by atoms with Crippen molar-refractivity contribution in [3.63, 3.8) is 0 Å². The number of ether oxygens (including phenoxy) is 1. The molecule has 17 heavy (non-hydrogen) atoms. The number of rotatable bonds is 5. The van der Waals surface area contributed by atoms with Crippen LogP contribution in [0, 0.1) is 11.2 Å². The maximum atomic E-state index is 12.9. The van der Waals surface area contributed by atoms with Gasteiger partial charge >= 0.3 is 0 Å². The fourth-order valence-electron chi connectivity index (χ4n) is 2.29. The highest BCUT2D eigenvalue weighted by Crippen LogP contribution is 2.55. The molecular weight excluding hydrogens is 217 g/mol. The Balaban J connectivity index is 1.85. The van der Waals surface area contributed by atoms with Crippen LogP contribution in [0.5, 0.6) is 5.75 Å². The summed E-state index contributed by atoms with van der Waals surface area (Å²) in [6.07, 6.45) is 3.28. The van der Waals surface area contributed by atoms with Gasteiger partial charge < -0.3 is 10.5 Å². The van der Waals surface area contributed by atoms with E-state index in [-0.39, 0.29) is 16.8 Å². The van der Waals surface area contributed by atoms with E-state index in [1.165, 1.54) is 25.0 Å². The van der Waals surface area contributed by atoms with Gasteiger partial charge in [0, 0.05) is 11.6 Å². The first-order chi connectivity index (χ1) is 7.93. The molecule has 2 rings (SSSR count). The van der Waals surface area contributed by atoms with Crippen molar-refractivity contribution < 1.29 is 9.13 Å². The van der Waals surface area contributed by atoms with E-state index in [0.717, 1.165) is 6.42 Å². The van der Waals surface area contributed by atoms with E-state index in [4.69, 9.17) is 10.5 Å². The lowest BCUT2D eigenvalue weighted by Crippen LogP contribution is -2.43. The molecule has 1 aliphatic carbocycles. The normalized spacial score (nSPS) is 17.9. The summed E-state index contributed by atoms with van der Waals surface area (Å²) in [5, 5.41) is 0. The van der Waals surface area contributed by atoms with Gasteiger partial charge in [-0.15, -0.1) is 0 Å². The van der Waals surface area contributed by atoms with Crippen LogP contribution in [0.1, 0.15) is 33.1 Å². The third-order valence-electron chi connectivity index (χ3n) is 3.87. The van der Waals surface area contributed by atoms with Gasteiger partial charge in [-0.3, -0.25) is 0 Å². The smallest absolute Gasteiger partial charge is 0.126 e. The molecule has 94 valence electrons. The summed E-state index contributed by atoms with van der Waals surface area (Å²) in [4.78, 5) is 0. The van der Waals surface area contributed by atoms with Crippen LogP contribution >= 0.6 is 0 Å². The molecule has 0 atom stereocenters. The van der Waals surface area contributed by atoms with Crippen molar-refractivity contribution in [2.75, 3.05) is 6.61 Å². The lowest BCUT2D eigenvalue weighted by Gasteiger charge is -2.30. The van der Waals surface area contributed by atoms with Gasteiger partial charge in [0.25, 0.3) is 0 Å². The molecule has 0 aliphatic heterocycles. The minimum Gasteiger partial charge on any atom is -0.493 e. The first-order valence-corrected chi connectivity index (χ1v) is 6.10. The van der Waals surface area contributed by atoms with Crippen molar-refractivity contribution in [3.05, 3.63) is 30.1 Å². The Kier molecular flexibility index (Phi) is 3.13. The monoisotopic (exact) mass is 237 g/mol. The van der Waals surface area contributed by atoms with Crippen LogP contribution in [0.15, 0.2) is 24.3 Å². The first kappa shape index (κ1) is 12.4. The SMILES string of the molecule is CC(C)(N)C1(CCOc2cccc(F)c2)CC1. The average Bonchev–Trinajstić information content (AvgIpc) is 2.98. The Morgan fingerprint density at radius 3 is 2.65 bits per heavy atom. The van der Waals surface area contributed by atoms with Gasteiger partial charge in [0.05, 0.1) is 6.61 Å².